The van der Waals surface area contributed by atoms with Gasteiger partial charge in [0, 0.05) is 28.8 Å². The fourth-order valence-electron chi connectivity index (χ4n) is 2.54. The molecule has 24 heavy (non-hydrogen) atoms. The first-order valence-electron chi connectivity index (χ1n) is 6.35. The van der Waals surface area contributed by atoms with E-state index in [2.05, 4.69) is 0 Å². The number of non-ortho nitro benzene ring substituents is 1. The number of carbonyl (C=O) groups is 2. The van der Waals surface area contributed by atoms with Gasteiger partial charge in [0.05, 0.1) is 9.85 Å². The number of ketones is 2. The number of phenols is 2. The van der Waals surface area contributed by atoms with Crippen LogP contribution in [0.4, 0.5) is 11.4 Å². The van der Waals surface area contributed by atoms with Gasteiger partial charge in [-0.2, -0.15) is 0 Å². The molecule has 0 aromatic heterocycles. The van der Waals surface area contributed by atoms with Gasteiger partial charge >= 0.3 is 5.69 Å². The summed E-state index contributed by atoms with van der Waals surface area (Å²) in [5, 5.41) is 41.2. The van der Waals surface area contributed by atoms with Crippen molar-refractivity contribution in [2.45, 2.75) is 0 Å². The maximum absolute atomic E-state index is 12.5. The third-order valence-electron chi connectivity index (χ3n) is 3.61. The molecular formula is C14H6N2O8. The predicted molar refractivity (Wildman–Crippen MR) is 76.4 cm³/mol. The fraction of sp³-hybridized carbons (Fsp3) is 0. The number of hydrogen-bond donors (Lipinski definition) is 2. The Morgan fingerprint density at radius 2 is 1.50 bits per heavy atom. The second-order valence-electron chi connectivity index (χ2n) is 4.92. The summed E-state index contributed by atoms with van der Waals surface area (Å²) in [4.78, 5) is 45.1. The highest BCUT2D eigenvalue weighted by molar-refractivity contribution is 6.30. The summed E-state index contributed by atoms with van der Waals surface area (Å²) in [5.41, 5.74) is -3.26. The van der Waals surface area contributed by atoms with Crippen LogP contribution in [0.1, 0.15) is 31.8 Å². The van der Waals surface area contributed by atoms with Crippen LogP contribution >= 0.6 is 0 Å². The SMILES string of the molecule is O=C1c2cc([N+](=O)[O-])ccc2C(=O)c2c1cc(O)c(O)c2[N+](=O)[O-]. The molecule has 0 heterocycles. The summed E-state index contributed by atoms with van der Waals surface area (Å²) < 4.78 is 0. The molecule has 0 amide bonds. The average Bonchev–Trinajstić information content (AvgIpc) is 2.53. The molecule has 120 valence electrons. The lowest BCUT2D eigenvalue weighted by molar-refractivity contribution is -0.386. The van der Waals surface area contributed by atoms with E-state index in [1.807, 2.05) is 0 Å². The second-order valence-corrected chi connectivity index (χ2v) is 4.92. The van der Waals surface area contributed by atoms with Crippen molar-refractivity contribution in [2.24, 2.45) is 0 Å². The minimum atomic E-state index is -1.13. The summed E-state index contributed by atoms with van der Waals surface area (Å²) >= 11 is 0. The molecule has 0 spiro atoms. The Bertz CT molecular complexity index is 979. The second kappa shape index (κ2) is 4.84. The maximum atomic E-state index is 12.5. The lowest BCUT2D eigenvalue weighted by Crippen LogP contribution is -2.22. The number of carbonyl (C=O) groups excluding carboxylic acids is 2. The van der Waals surface area contributed by atoms with Crippen LogP contribution in [0.25, 0.3) is 0 Å². The van der Waals surface area contributed by atoms with Gasteiger partial charge in [-0.3, -0.25) is 29.8 Å². The maximum Gasteiger partial charge on any atom is 0.326 e. The van der Waals surface area contributed by atoms with Gasteiger partial charge in [-0.1, -0.05) is 0 Å². The van der Waals surface area contributed by atoms with E-state index in [4.69, 9.17) is 0 Å². The first-order chi connectivity index (χ1) is 11.2. The summed E-state index contributed by atoms with van der Waals surface area (Å²) in [7, 11) is 0. The molecule has 2 aromatic carbocycles. The van der Waals surface area contributed by atoms with Crippen molar-refractivity contribution in [3.05, 3.63) is 66.7 Å². The lowest BCUT2D eigenvalue weighted by atomic mass is 9.82. The van der Waals surface area contributed by atoms with Gasteiger partial charge in [0.2, 0.25) is 11.5 Å². The molecule has 0 atom stereocenters. The largest absolute Gasteiger partial charge is 0.504 e. The molecule has 0 saturated carbocycles. The Kier molecular flexibility index (Phi) is 3.04. The summed E-state index contributed by atoms with van der Waals surface area (Å²) in [6.07, 6.45) is 0. The number of nitrogens with zero attached hydrogens (tertiary/aromatic N) is 2. The van der Waals surface area contributed by atoms with E-state index >= 15 is 0 Å². The van der Waals surface area contributed by atoms with Crippen molar-refractivity contribution < 1.29 is 29.6 Å². The van der Waals surface area contributed by atoms with E-state index in [-0.39, 0.29) is 11.1 Å². The Balaban J connectivity index is 2.37. The van der Waals surface area contributed by atoms with Crippen molar-refractivity contribution in [1.82, 2.24) is 0 Å². The fourth-order valence-corrected chi connectivity index (χ4v) is 2.54. The third kappa shape index (κ3) is 1.90. The van der Waals surface area contributed by atoms with Crippen LogP contribution in [0.2, 0.25) is 0 Å². The van der Waals surface area contributed by atoms with E-state index in [1.54, 1.807) is 0 Å². The monoisotopic (exact) mass is 330 g/mol. The van der Waals surface area contributed by atoms with Crippen LogP contribution in [0.15, 0.2) is 24.3 Å². The molecule has 1 aliphatic carbocycles. The van der Waals surface area contributed by atoms with Crippen molar-refractivity contribution >= 4 is 22.9 Å². The van der Waals surface area contributed by atoms with E-state index < -0.39 is 55.4 Å². The predicted octanol–water partition coefficient (Wildman–Crippen LogP) is 1.69. The number of hydrogen-bond acceptors (Lipinski definition) is 8. The van der Waals surface area contributed by atoms with E-state index in [9.17, 15) is 40.0 Å². The highest BCUT2D eigenvalue weighted by Gasteiger charge is 2.39. The zero-order valence-electron chi connectivity index (χ0n) is 11.5. The van der Waals surface area contributed by atoms with Crippen LogP contribution in [0.3, 0.4) is 0 Å². The van der Waals surface area contributed by atoms with Crippen LogP contribution in [-0.4, -0.2) is 31.6 Å². The van der Waals surface area contributed by atoms with E-state index in [0.717, 1.165) is 24.3 Å². The highest BCUT2D eigenvalue weighted by atomic mass is 16.6. The number of nitro groups is 2. The summed E-state index contributed by atoms with van der Waals surface area (Å²) in [5.74, 6) is -3.93. The normalized spacial score (nSPS) is 12.5. The zero-order chi connectivity index (χ0) is 17.8. The van der Waals surface area contributed by atoms with Crippen molar-refractivity contribution in [3.63, 3.8) is 0 Å². The summed E-state index contributed by atoms with van der Waals surface area (Å²) in [6, 6.07) is 3.61. The minimum absolute atomic E-state index is 0.258. The van der Waals surface area contributed by atoms with E-state index in [0.29, 0.717) is 0 Å². The highest BCUT2D eigenvalue weighted by Crippen LogP contribution is 2.44. The van der Waals surface area contributed by atoms with Crippen molar-refractivity contribution in [3.8, 4) is 11.5 Å². The van der Waals surface area contributed by atoms with Gasteiger partial charge in [-0.15, -0.1) is 0 Å². The quantitative estimate of drug-likeness (QED) is 0.407. The molecule has 0 bridgehead atoms. The molecule has 0 unspecified atom stereocenters. The Labute approximate surface area is 131 Å². The van der Waals surface area contributed by atoms with Crippen LogP contribution in [0, 0.1) is 20.2 Å². The third-order valence-corrected chi connectivity index (χ3v) is 3.61. The Morgan fingerprint density at radius 3 is 2.08 bits per heavy atom. The van der Waals surface area contributed by atoms with Gasteiger partial charge in [0.25, 0.3) is 5.69 Å². The Morgan fingerprint density at radius 1 is 0.833 bits per heavy atom. The van der Waals surface area contributed by atoms with Crippen LogP contribution in [-0.2, 0) is 0 Å². The number of rotatable bonds is 2. The number of nitro benzene ring substituents is 2. The molecule has 10 nitrogen and oxygen atoms in total. The molecule has 1 aliphatic rings. The standard InChI is InChI=1S/C14H6N2O8/c17-9-4-8-10(11(14(9)20)16(23)24)13(19)6-2-1-5(15(21)22)3-7(6)12(8)18/h1-4,17,20H. The number of phenolic OH excluding ortho intramolecular Hbond substituents is 2. The van der Waals surface area contributed by atoms with Gasteiger partial charge in [0.1, 0.15) is 5.56 Å². The molecule has 2 N–H and O–H groups in total. The smallest absolute Gasteiger partial charge is 0.326 e. The topological polar surface area (TPSA) is 161 Å². The molecule has 0 radical (unpaired) electrons. The van der Waals surface area contributed by atoms with Crippen molar-refractivity contribution in [2.75, 3.05) is 0 Å². The lowest BCUT2D eigenvalue weighted by Gasteiger charge is -2.17. The summed E-state index contributed by atoms with van der Waals surface area (Å²) in [6.45, 7) is 0. The van der Waals surface area contributed by atoms with Gasteiger partial charge in [-0.25, -0.2) is 0 Å². The van der Waals surface area contributed by atoms with Crippen molar-refractivity contribution in [1.29, 1.82) is 0 Å². The number of aromatic hydroxyl groups is 2. The first kappa shape index (κ1) is 15.1. The molecular weight excluding hydrogens is 324 g/mol. The Hall–Kier alpha value is -3.82. The molecule has 0 saturated heterocycles. The minimum Gasteiger partial charge on any atom is -0.504 e. The van der Waals surface area contributed by atoms with Gasteiger partial charge in [-0.05, 0) is 12.1 Å². The molecule has 3 rings (SSSR count). The average molecular weight is 330 g/mol. The van der Waals surface area contributed by atoms with Crippen LogP contribution in [0.5, 0.6) is 11.5 Å². The van der Waals surface area contributed by atoms with Gasteiger partial charge in [0.15, 0.2) is 11.5 Å². The number of benzene rings is 2. The molecule has 0 fully saturated rings. The zero-order valence-corrected chi connectivity index (χ0v) is 11.5. The van der Waals surface area contributed by atoms with E-state index in [1.165, 1.54) is 0 Å². The molecule has 10 heteroatoms. The first-order valence-corrected chi connectivity index (χ1v) is 6.35. The van der Waals surface area contributed by atoms with Gasteiger partial charge < -0.3 is 10.2 Å². The molecule has 0 aliphatic heterocycles. The van der Waals surface area contributed by atoms with Crippen LogP contribution < -0.4 is 0 Å². The molecule has 2 aromatic rings. The number of fused-ring (bicyclic) bond motifs is 2.